The van der Waals surface area contributed by atoms with Crippen molar-refractivity contribution < 1.29 is 0 Å². The fourth-order valence-electron chi connectivity index (χ4n) is 1.73. The zero-order valence-electron chi connectivity index (χ0n) is 9.15. The van der Waals surface area contributed by atoms with Crippen LogP contribution in [0.1, 0.15) is 5.69 Å². The van der Waals surface area contributed by atoms with E-state index in [-0.39, 0.29) is 0 Å². The highest BCUT2D eigenvalue weighted by Gasteiger charge is 2.07. The summed E-state index contributed by atoms with van der Waals surface area (Å²) in [4.78, 5) is 0. The van der Waals surface area contributed by atoms with E-state index in [9.17, 15) is 0 Å². The second kappa shape index (κ2) is 4.68. The Kier molecular flexibility index (Phi) is 3.27. The van der Waals surface area contributed by atoms with Crippen molar-refractivity contribution >= 4 is 11.6 Å². The summed E-state index contributed by atoms with van der Waals surface area (Å²) in [6.45, 7) is 3.38. The molecule has 0 aliphatic rings. The second-order valence-corrected chi connectivity index (χ2v) is 4.10. The van der Waals surface area contributed by atoms with E-state index >= 15 is 0 Å². The summed E-state index contributed by atoms with van der Waals surface area (Å²) in [5.41, 5.74) is 8.84. The molecule has 0 radical (unpaired) electrons. The smallest absolute Gasteiger partial charge is 0.0571 e. The van der Waals surface area contributed by atoms with Crippen LogP contribution in [-0.2, 0) is 6.54 Å². The Labute approximate surface area is 99.8 Å². The first-order valence-electron chi connectivity index (χ1n) is 5.21. The summed E-state index contributed by atoms with van der Waals surface area (Å²) < 4.78 is 1.91. The quantitative estimate of drug-likeness (QED) is 0.888. The molecule has 1 aromatic carbocycles. The van der Waals surface area contributed by atoms with Crippen LogP contribution < -0.4 is 5.73 Å². The Hall–Kier alpha value is -1.32. The van der Waals surface area contributed by atoms with Crippen LogP contribution in [0.5, 0.6) is 0 Å². The Morgan fingerprint density at radius 1 is 1.44 bits per heavy atom. The maximum absolute atomic E-state index is 5.97. The summed E-state index contributed by atoms with van der Waals surface area (Å²) in [6.07, 6.45) is 1.86. The largest absolute Gasteiger partial charge is 0.329 e. The lowest BCUT2D eigenvalue weighted by Crippen LogP contribution is -2.12. The Bertz CT molecular complexity index is 491. The summed E-state index contributed by atoms with van der Waals surface area (Å²) in [5.74, 6) is 0. The van der Waals surface area contributed by atoms with E-state index in [1.165, 1.54) is 0 Å². The average Bonchev–Trinajstić information content (AvgIpc) is 2.61. The fourth-order valence-corrected chi connectivity index (χ4v) is 1.92. The number of aromatic nitrogens is 2. The van der Waals surface area contributed by atoms with Crippen molar-refractivity contribution in [1.29, 1.82) is 0 Å². The summed E-state index contributed by atoms with van der Waals surface area (Å²) >= 11 is 5.97. The molecule has 0 saturated heterocycles. The van der Waals surface area contributed by atoms with Gasteiger partial charge in [0.05, 0.1) is 12.7 Å². The minimum absolute atomic E-state index is 0.595. The molecule has 0 unspecified atom stereocenters. The highest BCUT2D eigenvalue weighted by atomic mass is 35.5. The first-order chi connectivity index (χ1) is 7.72. The molecule has 3 nitrogen and oxygen atoms in total. The molecule has 4 heteroatoms. The number of nitrogens with two attached hydrogens (primary N) is 1. The topological polar surface area (TPSA) is 43.8 Å². The molecular weight excluding hydrogens is 222 g/mol. The van der Waals surface area contributed by atoms with Gasteiger partial charge in [-0.15, -0.1) is 0 Å². The van der Waals surface area contributed by atoms with Crippen molar-refractivity contribution in [1.82, 2.24) is 9.78 Å². The van der Waals surface area contributed by atoms with Gasteiger partial charge in [0.25, 0.3) is 0 Å². The lowest BCUT2D eigenvalue weighted by atomic mass is 10.1. The molecule has 0 aliphatic carbocycles. The third-order valence-corrected chi connectivity index (χ3v) is 2.81. The van der Waals surface area contributed by atoms with Gasteiger partial charge in [0.1, 0.15) is 0 Å². The van der Waals surface area contributed by atoms with Gasteiger partial charge < -0.3 is 5.73 Å². The van der Waals surface area contributed by atoms with Crippen molar-refractivity contribution in [2.45, 2.75) is 13.5 Å². The average molecular weight is 236 g/mol. The van der Waals surface area contributed by atoms with Gasteiger partial charge in [-0.05, 0) is 24.6 Å². The lowest BCUT2D eigenvalue weighted by Gasteiger charge is -2.04. The fraction of sp³-hybridized carbons (Fsp3) is 0.250. The van der Waals surface area contributed by atoms with Gasteiger partial charge >= 0.3 is 0 Å². The molecule has 0 fully saturated rings. The molecule has 0 bridgehead atoms. The predicted octanol–water partition coefficient (Wildman–Crippen LogP) is 2.47. The lowest BCUT2D eigenvalue weighted by molar-refractivity contribution is 0.608. The minimum Gasteiger partial charge on any atom is -0.329 e. The van der Waals surface area contributed by atoms with Crippen LogP contribution in [0.15, 0.2) is 30.5 Å². The number of hydrogen-bond acceptors (Lipinski definition) is 2. The molecule has 2 aromatic rings. The van der Waals surface area contributed by atoms with E-state index in [2.05, 4.69) is 5.10 Å². The highest BCUT2D eigenvalue weighted by Crippen LogP contribution is 2.25. The van der Waals surface area contributed by atoms with Crippen LogP contribution in [-0.4, -0.2) is 16.3 Å². The van der Waals surface area contributed by atoms with E-state index < -0.39 is 0 Å². The highest BCUT2D eigenvalue weighted by molar-refractivity contribution is 6.30. The Balaban J connectivity index is 2.41. The van der Waals surface area contributed by atoms with Crippen LogP contribution in [0.25, 0.3) is 11.1 Å². The van der Waals surface area contributed by atoms with Crippen LogP contribution in [0.4, 0.5) is 0 Å². The summed E-state index contributed by atoms with van der Waals surface area (Å²) in [5, 5.41) is 5.04. The predicted molar refractivity (Wildman–Crippen MR) is 66.5 cm³/mol. The van der Waals surface area contributed by atoms with E-state index in [0.717, 1.165) is 28.4 Å². The van der Waals surface area contributed by atoms with Gasteiger partial charge in [-0.1, -0.05) is 23.7 Å². The maximum Gasteiger partial charge on any atom is 0.0571 e. The van der Waals surface area contributed by atoms with Crippen LogP contribution in [0.2, 0.25) is 5.02 Å². The molecule has 0 amide bonds. The standard InChI is InChI=1S/C12H14ClN3/c1-9-12(8-15-16(9)6-5-14)10-3-2-4-11(13)7-10/h2-4,7-8H,5-6,14H2,1H3. The first kappa shape index (κ1) is 11.2. The van der Waals surface area contributed by atoms with Gasteiger partial charge in [-0.2, -0.15) is 5.10 Å². The van der Waals surface area contributed by atoms with Crippen molar-refractivity contribution in [3.63, 3.8) is 0 Å². The second-order valence-electron chi connectivity index (χ2n) is 3.67. The van der Waals surface area contributed by atoms with Crippen LogP contribution in [0.3, 0.4) is 0 Å². The molecule has 1 aromatic heterocycles. The number of nitrogens with zero attached hydrogens (tertiary/aromatic N) is 2. The van der Waals surface area contributed by atoms with Crippen molar-refractivity contribution in [3.05, 3.63) is 41.2 Å². The van der Waals surface area contributed by atoms with Gasteiger partial charge in [0.2, 0.25) is 0 Å². The van der Waals surface area contributed by atoms with Gasteiger partial charge in [0, 0.05) is 22.8 Å². The number of halogens is 1. The summed E-state index contributed by atoms with van der Waals surface area (Å²) in [7, 11) is 0. The number of hydrogen-bond donors (Lipinski definition) is 1. The molecular formula is C12H14ClN3. The summed E-state index contributed by atoms with van der Waals surface area (Å²) in [6, 6.07) is 7.78. The van der Waals surface area contributed by atoms with Gasteiger partial charge in [-0.3, -0.25) is 4.68 Å². The van der Waals surface area contributed by atoms with E-state index in [0.29, 0.717) is 6.54 Å². The van der Waals surface area contributed by atoms with Crippen LogP contribution >= 0.6 is 11.6 Å². The Morgan fingerprint density at radius 3 is 2.94 bits per heavy atom. The van der Waals surface area contributed by atoms with E-state index in [1.54, 1.807) is 0 Å². The van der Waals surface area contributed by atoms with Crippen LogP contribution in [0, 0.1) is 6.92 Å². The first-order valence-corrected chi connectivity index (χ1v) is 5.58. The molecule has 84 valence electrons. The molecule has 0 aliphatic heterocycles. The zero-order valence-corrected chi connectivity index (χ0v) is 9.91. The van der Waals surface area contributed by atoms with Gasteiger partial charge in [0.15, 0.2) is 0 Å². The SMILES string of the molecule is Cc1c(-c2cccc(Cl)c2)cnn1CCN. The number of benzene rings is 1. The molecule has 0 atom stereocenters. The van der Waals surface area contributed by atoms with Crippen molar-refractivity contribution in [3.8, 4) is 11.1 Å². The molecule has 2 N–H and O–H groups in total. The third kappa shape index (κ3) is 2.10. The molecule has 16 heavy (non-hydrogen) atoms. The maximum atomic E-state index is 5.97. The number of rotatable bonds is 3. The Morgan fingerprint density at radius 2 is 2.25 bits per heavy atom. The van der Waals surface area contributed by atoms with E-state index in [1.807, 2.05) is 42.1 Å². The van der Waals surface area contributed by atoms with E-state index in [4.69, 9.17) is 17.3 Å². The zero-order chi connectivity index (χ0) is 11.5. The van der Waals surface area contributed by atoms with Gasteiger partial charge in [-0.25, -0.2) is 0 Å². The third-order valence-electron chi connectivity index (χ3n) is 2.58. The molecule has 0 saturated carbocycles. The monoisotopic (exact) mass is 235 g/mol. The molecule has 0 spiro atoms. The van der Waals surface area contributed by atoms with Crippen molar-refractivity contribution in [2.75, 3.05) is 6.54 Å². The normalized spacial score (nSPS) is 10.7. The minimum atomic E-state index is 0.595. The molecule has 2 rings (SSSR count). The molecule has 1 heterocycles. The van der Waals surface area contributed by atoms with Crippen molar-refractivity contribution in [2.24, 2.45) is 5.73 Å².